The van der Waals surface area contributed by atoms with Gasteiger partial charge in [-0.1, -0.05) is 5.92 Å². The lowest BCUT2D eigenvalue weighted by atomic mass is 10.1. The second-order valence-electron chi connectivity index (χ2n) is 7.56. The Hall–Kier alpha value is -3.82. The molecule has 0 spiro atoms. The van der Waals surface area contributed by atoms with Crippen LogP contribution in [0, 0.1) is 24.0 Å². The summed E-state index contributed by atoms with van der Waals surface area (Å²) in [4.78, 5) is 21.5. The van der Waals surface area contributed by atoms with E-state index >= 15 is 0 Å². The number of rotatable bonds is 6. The maximum atomic E-state index is 14.3. The monoisotopic (exact) mass is 501 g/mol. The summed E-state index contributed by atoms with van der Waals surface area (Å²) in [6, 6.07) is 0.524. The largest absolute Gasteiger partial charge is 0.573 e. The average Bonchev–Trinajstić information content (AvgIpc) is 2.76. The third-order valence-electron chi connectivity index (χ3n) is 4.61. The average molecular weight is 501 g/mol. The van der Waals surface area contributed by atoms with Gasteiger partial charge in [0.25, 0.3) is 0 Å². The first-order valence-electron chi connectivity index (χ1n) is 10.4. The molecule has 1 unspecified atom stereocenters. The predicted molar refractivity (Wildman–Crippen MR) is 110 cm³/mol. The molecule has 13 heteroatoms. The number of hydrogen-bond donors (Lipinski definition) is 0. The first-order valence-corrected chi connectivity index (χ1v) is 10.4. The van der Waals surface area contributed by atoms with Gasteiger partial charge in [0.2, 0.25) is 11.8 Å². The van der Waals surface area contributed by atoms with E-state index in [0.717, 1.165) is 19.2 Å². The van der Waals surface area contributed by atoms with Crippen LogP contribution in [0.1, 0.15) is 38.7 Å². The van der Waals surface area contributed by atoms with Crippen molar-refractivity contribution in [2.45, 2.75) is 51.8 Å². The van der Waals surface area contributed by atoms with Crippen molar-refractivity contribution in [1.82, 2.24) is 14.9 Å². The summed E-state index contributed by atoms with van der Waals surface area (Å²) < 4.78 is 85.1. The summed E-state index contributed by atoms with van der Waals surface area (Å²) in [6.45, 7) is 3.77. The Morgan fingerprint density at radius 1 is 1.14 bits per heavy atom. The van der Waals surface area contributed by atoms with Gasteiger partial charge in [-0.3, -0.25) is 4.90 Å². The van der Waals surface area contributed by atoms with Crippen LogP contribution < -0.4 is 14.2 Å². The van der Waals surface area contributed by atoms with E-state index in [1.165, 1.54) is 4.90 Å². The molecule has 1 atom stereocenters. The van der Waals surface area contributed by atoms with Crippen LogP contribution in [0.25, 0.3) is 0 Å². The molecule has 1 amide bonds. The number of terminal acetylenes is 1. The minimum Gasteiger partial charge on any atom is -0.452 e. The van der Waals surface area contributed by atoms with E-state index in [1.54, 1.807) is 13.8 Å². The molecule has 0 bridgehead atoms. The number of alkyl halides is 3. The van der Waals surface area contributed by atoms with Crippen LogP contribution in [0.3, 0.4) is 0 Å². The highest BCUT2D eigenvalue weighted by molar-refractivity contribution is 5.68. The van der Waals surface area contributed by atoms with Gasteiger partial charge in [-0.05, 0) is 26.7 Å². The Morgan fingerprint density at radius 3 is 2.46 bits per heavy atom. The molecule has 3 rings (SSSR count). The number of piperidine rings is 1. The third-order valence-corrected chi connectivity index (χ3v) is 4.61. The predicted octanol–water partition coefficient (Wildman–Crippen LogP) is 5.16. The highest BCUT2D eigenvalue weighted by Crippen LogP contribution is 2.35. The van der Waals surface area contributed by atoms with Crippen molar-refractivity contribution in [3.05, 3.63) is 35.7 Å². The summed E-state index contributed by atoms with van der Waals surface area (Å²) in [5.41, 5.74) is -0.189. The number of carbonyl (C=O) groups is 1. The van der Waals surface area contributed by atoms with Gasteiger partial charge in [-0.2, -0.15) is 0 Å². The van der Waals surface area contributed by atoms with Crippen LogP contribution in [-0.2, 0) is 4.74 Å². The molecule has 0 aliphatic carbocycles. The van der Waals surface area contributed by atoms with Gasteiger partial charge < -0.3 is 18.9 Å². The standard InChI is InChI=1S/C22H20F5N3O5/c1-4-13-19(33-16-9-15(24)17(10-14(16)23)35-22(25,26)27)28-11-29-20(13)34-18-7-5-6-8-30(18)21(31)32-12(2)3/h1,9-12,18H,5-8H2,2-3H3. The van der Waals surface area contributed by atoms with Crippen molar-refractivity contribution in [2.75, 3.05) is 6.54 Å². The second-order valence-corrected chi connectivity index (χ2v) is 7.56. The van der Waals surface area contributed by atoms with Crippen LogP contribution in [0.15, 0.2) is 18.5 Å². The van der Waals surface area contributed by atoms with Gasteiger partial charge in [0.15, 0.2) is 29.4 Å². The molecule has 1 aromatic carbocycles. The molecule has 0 N–H and O–H groups in total. The first kappa shape index (κ1) is 25.8. The fraction of sp³-hybridized carbons (Fsp3) is 0.409. The SMILES string of the molecule is C#Cc1c(Oc2cc(F)c(OC(F)(F)F)cc2F)ncnc1OC1CCCCN1C(=O)OC(C)C. The van der Waals surface area contributed by atoms with Crippen molar-refractivity contribution < 1.29 is 45.7 Å². The van der Waals surface area contributed by atoms with E-state index in [0.29, 0.717) is 19.0 Å². The lowest BCUT2D eigenvalue weighted by Crippen LogP contribution is -2.47. The normalized spacial score (nSPS) is 16.0. The molecule has 1 aromatic heterocycles. The molecule has 1 fully saturated rings. The smallest absolute Gasteiger partial charge is 0.452 e. The van der Waals surface area contributed by atoms with Gasteiger partial charge in [0.05, 0.1) is 6.10 Å². The summed E-state index contributed by atoms with van der Waals surface area (Å²) >= 11 is 0. The number of nitrogens with zero attached hydrogens (tertiary/aromatic N) is 3. The zero-order chi connectivity index (χ0) is 25.8. The van der Waals surface area contributed by atoms with E-state index in [2.05, 4.69) is 20.6 Å². The van der Waals surface area contributed by atoms with Crippen molar-refractivity contribution in [3.8, 4) is 35.6 Å². The van der Waals surface area contributed by atoms with Crippen LogP contribution >= 0.6 is 0 Å². The van der Waals surface area contributed by atoms with E-state index in [-0.39, 0.29) is 23.6 Å². The fourth-order valence-corrected chi connectivity index (χ4v) is 3.17. The van der Waals surface area contributed by atoms with Crippen LogP contribution in [0.5, 0.6) is 23.3 Å². The Balaban J connectivity index is 1.85. The van der Waals surface area contributed by atoms with Crippen molar-refractivity contribution in [3.63, 3.8) is 0 Å². The summed E-state index contributed by atoms with van der Waals surface area (Å²) in [7, 11) is 0. The number of hydrogen-bond acceptors (Lipinski definition) is 7. The van der Waals surface area contributed by atoms with Crippen molar-refractivity contribution >= 4 is 6.09 Å². The highest BCUT2D eigenvalue weighted by atomic mass is 19.4. The summed E-state index contributed by atoms with van der Waals surface area (Å²) in [5.74, 6) is -3.46. The van der Waals surface area contributed by atoms with E-state index in [9.17, 15) is 26.7 Å². The molecule has 35 heavy (non-hydrogen) atoms. The van der Waals surface area contributed by atoms with Gasteiger partial charge in [0.1, 0.15) is 11.9 Å². The lowest BCUT2D eigenvalue weighted by Gasteiger charge is -2.34. The molecule has 2 heterocycles. The number of benzene rings is 1. The molecular weight excluding hydrogens is 481 g/mol. The van der Waals surface area contributed by atoms with Crippen LogP contribution in [0.2, 0.25) is 0 Å². The zero-order valence-electron chi connectivity index (χ0n) is 18.6. The molecule has 8 nitrogen and oxygen atoms in total. The van der Waals surface area contributed by atoms with E-state index in [4.69, 9.17) is 20.6 Å². The van der Waals surface area contributed by atoms with Gasteiger partial charge in [-0.15, -0.1) is 19.6 Å². The molecule has 0 radical (unpaired) electrons. The van der Waals surface area contributed by atoms with E-state index < -0.39 is 47.7 Å². The molecule has 1 aliphatic heterocycles. The number of ether oxygens (including phenoxy) is 4. The number of amides is 1. The van der Waals surface area contributed by atoms with Crippen molar-refractivity contribution in [2.24, 2.45) is 0 Å². The highest BCUT2D eigenvalue weighted by Gasteiger charge is 2.34. The third kappa shape index (κ3) is 6.62. The Labute approximate surface area is 197 Å². The van der Waals surface area contributed by atoms with Gasteiger partial charge in [-0.25, -0.2) is 23.5 Å². The maximum Gasteiger partial charge on any atom is 0.573 e. The number of likely N-dealkylation sites (tertiary alicyclic amines) is 1. The molecule has 0 saturated carbocycles. The summed E-state index contributed by atoms with van der Waals surface area (Å²) in [6.07, 6.45) is 1.47. The Morgan fingerprint density at radius 2 is 1.80 bits per heavy atom. The van der Waals surface area contributed by atoms with Crippen LogP contribution in [-0.4, -0.2) is 46.2 Å². The van der Waals surface area contributed by atoms with Crippen molar-refractivity contribution in [1.29, 1.82) is 0 Å². The Kier molecular flexibility index (Phi) is 7.83. The maximum absolute atomic E-state index is 14.3. The van der Waals surface area contributed by atoms with Gasteiger partial charge in [0, 0.05) is 25.1 Å². The topological polar surface area (TPSA) is 83.0 Å². The van der Waals surface area contributed by atoms with Gasteiger partial charge >= 0.3 is 12.5 Å². The first-order chi connectivity index (χ1) is 16.5. The molecular formula is C22H20F5N3O5. The minimum absolute atomic E-state index is 0.173. The molecule has 188 valence electrons. The minimum atomic E-state index is -5.22. The quantitative estimate of drug-likeness (QED) is 0.399. The lowest BCUT2D eigenvalue weighted by molar-refractivity contribution is -0.275. The number of halogens is 5. The number of aromatic nitrogens is 2. The molecule has 1 aliphatic rings. The Bertz CT molecular complexity index is 1120. The molecule has 1 saturated heterocycles. The van der Waals surface area contributed by atoms with Crippen LogP contribution in [0.4, 0.5) is 26.7 Å². The fourth-order valence-electron chi connectivity index (χ4n) is 3.17. The molecule has 2 aromatic rings. The summed E-state index contributed by atoms with van der Waals surface area (Å²) in [5, 5.41) is 0. The number of carbonyl (C=O) groups excluding carboxylic acids is 1. The second kappa shape index (κ2) is 10.6. The van der Waals surface area contributed by atoms with E-state index in [1.807, 2.05) is 0 Å². The zero-order valence-corrected chi connectivity index (χ0v) is 18.6.